The molecule has 2 rings (SSSR count). The zero-order chi connectivity index (χ0) is 11.7. The number of aromatic amines is 1. The van der Waals surface area contributed by atoms with Crippen LogP contribution in [0.25, 0.3) is 10.6 Å². The normalized spacial score (nSPS) is 10.3. The van der Waals surface area contributed by atoms with E-state index in [1.54, 1.807) is 12.3 Å². The Labute approximate surface area is 94.4 Å². The van der Waals surface area contributed by atoms with Crippen molar-refractivity contribution in [2.45, 2.75) is 6.92 Å². The summed E-state index contributed by atoms with van der Waals surface area (Å²) in [5.74, 6) is -1.23. The summed E-state index contributed by atoms with van der Waals surface area (Å²) >= 11 is 1.44. The highest BCUT2D eigenvalue weighted by Gasteiger charge is 2.10. The van der Waals surface area contributed by atoms with Crippen molar-refractivity contribution in [3.63, 3.8) is 0 Å². The lowest BCUT2D eigenvalue weighted by molar-refractivity contribution is 0.0695. The minimum absolute atomic E-state index is 0.259. The first-order valence-electron chi connectivity index (χ1n) is 4.47. The van der Waals surface area contributed by atoms with Crippen molar-refractivity contribution in [3.05, 3.63) is 39.3 Å². The van der Waals surface area contributed by atoms with Crippen molar-refractivity contribution < 1.29 is 9.90 Å². The number of aryl methyl sites for hydroxylation is 1. The van der Waals surface area contributed by atoms with Gasteiger partial charge < -0.3 is 10.1 Å². The molecule has 0 saturated heterocycles. The third kappa shape index (κ3) is 1.87. The lowest BCUT2D eigenvalue weighted by atomic mass is 10.2. The predicted octanol–water partition coefficient (Wildman–Crippen LogP) is 1.51. The molecule has 0 saturated carbocycles. The molecule has 16 heavy (non-hydrogen) atoms. The molecule has 2 N–H and O–H groups in total. The summed E-state index contributed by atoms with van der Waals surface area (Å²) < 4.78 is 0. The van der Waals surface area contributed by atoms with Crippen LogP contribution >= 0.6 is 11.3 Å². The number of thiazole rings is 1. The van der Waals surface area contributed by atoms with Crippen LogP contribution in [0.4, 0.5) is 0 Å². The Morgan fingerprint density at radius 2 is 2.25 bits per heavy atom. The molecular weight excluding hydrogens is 228 g/mol. The maximum absolute atomic E-state index is 11.4. The number of aromatic carboxylic acids is 1. The van der Waals surface area contributed by atoms with Gasteiger partial charge in [0.25, 0.3) is 5.56 Å². The summed E-state index contributed by atoms with van der Waals surface area (Å²) in [6.07, 6.45) is 1.64. The largest absolute Gasteiger partial charge is 0.477 e. The van der Waals surface area contributed by atoms with Crippen LogP contribution < -0.4 is 5.56 Å². The molecule has 6 heteroatoms. The fourth-order valence-electron chi connectivity index (χ4n) is 1.27. The second-order valence-corrected chi connectivity index (χ2v) is 4.40. The van der Waals surface area contributed by atoms with Gasteiger partial charge in [0.2, 0.25) is 0 Å². The molecule has 0 unspecified atom stereocenters. The fraction of sp³-hybridized carbons (Fsp3) is 0.100. The summed E-state index contributed by atoms with van der Waals surface area (Å²) in [6, 6.07) is 2.86. The molecule has 0 fully saturated rings. The van der Waals surface area contributed by atoms with Crippen LogP contribution in [0.2, 0.25) is 0 Å². The van der Waals surface area contributed by atoms with Gasteiger partial charge in [0.15, 0.2) is 0 Å². The Kier molecular flexibility index (Phi) is 2.57. The van der Waals surface area contributed by atoms with Crippen molar-refractivity contribution >= 4 is 17.3 Å². The summed E-state index contributed by atoms with van der Waals surface area (Å²) in [5, 5.41) is 9.59. The van der Waals surface area contributed by atoms with Gasteiger partial charge in [-0.2, -0.15) is 0 Å². The second kappa shape index (κ2) is 3.90. The Morgan fingerprint density at radius 3 is 2.75 bits per heavy atom. The van der Waals surface area contributed by atoms with Gasteiger partial charge in [-0.25, -0.2) is 9.78 Å². The summed E-state index contributed by atoms with van der Waals surface area (Å²) in [7, 11) is 0. The average Bonchev–Trinajstić information content (AvgIpc) is 2.64. The number of nitrogens with one attached hydrogen (secondary N) is 1. The van der Waals surface area contributed by atoms with Crippen molar-refractivity contribution in [2.24, 2.45) is 0 Å². The molecule has 0 aliphatic carbocycles. The van der Waals surface area contributed by atoms with Crippen LogP contribution in [0, 0.1) is 6.92 Å². The highest BCUT2D eigenvalue weighted by Crippen LogP contribution is 2.22. The van der Waals surface area contributed by atoms with E-state index in [9.17, 15) is 9.59 Å². The maximum Gasteiger partial charge on any atom is 0.341 e. The van der Waals surface area contributed by atoms with Crippen molar-refractivity contribution in [3.8, 4) is 10.6 Å². The number of nitrogens with zero attached hydrogens (tertiary/aromatic N) is 1. The Hall–Kier alpha value is -1.95. The highest BCUT2D eigenvalue weighted by atomic mass is 32.1. The van der Waals surface area contributed by atoms with Gasteiger partial charge in [-0.15, -0.1) is 11.3 Å². The average molecular weight is 236 g/mol. The topological polar surface area (TPSA) is 83.0 Å². The van der Waals surface area contributed by atoms with Crippen LogP contribution in [0.15, 0.2) is 23.1 Å². The molecular formula is C10H8N2O3S. The maximum atomic E-state index is 11.4. The first-order chi connectivity index (χ1) is 7.58. The molecule has 0 aliphatic rings. The zero-order valence-electron chi connectivity index (χ0n) is 8.35. The predicted molar refractivity (Wildman–Crippen MR) is 59.9 cm³/mol. The molecule has 2 heterocycles. The smallest absolute Gasteiger partial charge is 0.341 e. The zero-order valence-corrected chi connectivity index (χ0v) is 9.17. The van der Waals surface area contributed by atoms with Crippen LogP contribution in [-0.4, -0.2) is 21.0 Å². The molecule has 5 nitrogen and oxygen atoms in total. The van der Waals surface area contributed by atoms with Crippen molar-refractivity contribution in [2.75, 3.05) is 0 Å². The Bertz CT molecular complexity index is 600. The molecule has 0 aliphatic heterocycles. The van der Waals surface area contributed by atoms with Gasteiger partial charge in [0.05, 0.1) is 15.6 Å². The molecule has 0 atom stereocenters. The van der Waals surface area contributed by atoms with Gasteiger partial charge in [0, 0.05) is 6.20 Å². The summed E-state index contributed by atoms with van der Waals surface area (Å²) in [5.41, 5.74) is -0.276. The Morgan fingerprint density at radius 1 is 1.50 bits per heavy atom. The number of rotatable bonds is 2. The van der Waals surface area contributed by atoms with E-state index in [0.29, 0.717) is 5.69 Å². The number of carboxylic acid groups (broad SMARTS) is 1. The SMILES string of the molecule is Cc1ncc(-c2ccc(C(=O)O)c(=O)[nH]2)s1. The summed E-state index contributed by atoms with van der Waals surface area (Å²) in [4.78, 5) is 29.4. The lowest BCUT2D eigenvalue weighted by Gasteiger charge is -1.97. The monoisotopic (exact) mass is 236 g/mol. The number of pyridine rings is 1. The van der Waals surface area contributed by atoms with E-state index < -0.39 is 11.5 Å². The Balaban J connectivity index is 2.50. The van der Waals surface area contributed by atoms with E-state index in [1.807, 2.05) is 6.92 Å². The third-order valence-corrected chi connectivity index (χ3v) is 2.97. The van der Waals surface area contributed by atoms with Gasteiger partial charge >= 0.3 is 5.97 Å². The van der Waals surface area contributed by atoms with Gasteiger partial charge in [-0.05, 0) is 19.1 Å². The van der Waals surface area contributed by atoms with Crippen molar-refractivity contribution in [1.82, 2.24) is 9.97 Å². The number of hydrogen-bond donors (Lipinski definition) is 2. The molecule has 0 amide bonds. The first-order valence-corrected chi connectivity index (χ1v) is 5.29. The minimum atomic E-state index is -1.23. The second-order valence-electron chi connectivity index (χ2n) is 3.16. The van der Waals surface area contributed by atoms with Crippen LogP contribution in [0.3, 0.4) is 0 Å². The molecule has 0 spiro atoms. The number of carboxylic acids is 1. The van der Waals surface area contributed by atoms with Crippen LogP contribution in [0.1, 0.15) is 15.4 Å². The number of carbonyl (C=O) groups is 1. The van der Waals surface area contributed by atoms with E-state index in [0.717, 1.165) is 9.88 Å². The number of H-pyrrole nitrogens is 1. The van der Waals surface area contributed by atoms with Crippen molar-refractivity contribution in [1.29, 1.82) is 0 Å². The van der Waals surface area contributed by atoms with E-state index in [1.165, 1.54) is 17.4 Å². The summed E-state index contributed by atoms with van der Waals surface area (Å²) in [6.45, 7) is 1.86. The van der Waals surface area contributed by atoms with E-state index in [4.69, 9.17) is 5.11 Å². The van der Waals surface area contributed by atoms with E-state index >= 15 is 0 Å². The molecule has 0 bridgehead atoms. The molecule has 2 aromatic heterocycles. The quantitative estimate of drug-likeness (QED) is 0.827. The first kappa shape index (κ1) is 10.6. The van der Waals surface area contributed by atoms with Gasteiger partial charge in [0.1, 0.15) is 5.56 Å². The van der Waals surface area contributed by atoms with Crippen LogP contribution in [-0.2, 0) is 0 Å². The molecule has 82 valence electrons. The molecule has 2 aromatic rings. The number of hydrogen-bond acceptors (Lipinski definition) is 4. The lowest BCUT2D eigenvalue weighted by Crippen LogP contribution is -2.17. The number of aromatic nitrogens is 2. The molecule has 0 radical (unpaired) electrons. The van der Waals surface area contributed by atoms with E-state index in [2.05, 4.69) is 9.97 Å². The molecule has 0 aromatic carbocycles. The standard InChI is InChI=1S/C10H8N2O3S/c1-5-11-4-8(16-5)7-3-2-6(10(14)15)9(13)12-7/h2-4H,1H3,(H,12,13)(H,14,15). The third-order valence-electron chi connectivity index (χ3n) is 2.03. The van der Waals surface area contributed by atoms with E-state index in [-0.39, 0.29) is 5.56 Å². The van der Waals surface area contributed by atoms with Crippen LogP contribution in [0.5, 0.6) is 0 Å². The fourth-order valence-corrected chi connectivity index (χ4v) is 2.03. The highest BCUT2D eigenvalue weighted by molar-refractivity contribution is 7.15. The van der Waals surface area contributed by atoms with Gasteiger partial charge in [-0.1, -0.05) is 0 Å². The minimum Gasteiger partial charge on any atom is -0.477 e. The van der Waals surface area contributed by atoms with Gasteiger partial charge in [-0.3, -0.25) is 4.79 Å².